The zero-order chi connectivity index (χ0) is 23.1. The summed E-state index contributed by atoms with van der Waals surface area (Å²) in [7, 11) is 0. The van der Waals surface area contributed by atoms with Crippen LogP contribution in [0, 0.1) is 13.8 Å². The molecule has 0 radical (unpaired) electrons. The van der Waals surface area contributed by atoms with Gasteiger partial charge in [0.05, 0.1) is 5.56 Å². The summed E-state index contributed by atoms with van der Waals surface area (Å²) in [5.74, 6) is 0.273. The summed E-state index contributed by atoms with van der Waals surface area (Å²) < 4.78 is 43.6. The first-order chi connectivity index (χ1) is 15.2. The van der Waals surface area contributed by atoms with Crippen LogP contribution in [0.25, 0.3) is 0 Å². The molecule has 0 aliphatic heterocycles. The minimum Gasteiger partial charge on any atom is -0.491 e. The van der Waals surface area contributed by atoms with Gasteiger partial charge in [-0.25, -0.2) is 0 Å². The average molecular weight is 445 g/mol. The summed E-state index contributed by atoms with van der Waals surface area (Å²) in [5, 5.41) is 10.6. The van der Waals surface area contributed by atoms with E-state index in [9.17, 15) is 18.3 Å². The Morgan fingerprint density at radius 1 is 1.00 bits per heavy atom. The van der Waals surface area contributed by atoms with Crippen LogP contribution in [0.2, 0.25) is 0 Å². The van der Waals surface area contributed by atoms with Crippen molar-refractivity contribution in [1.29, 1.82) is 0 Å². The van der Waals surface area contributed by atoms with Crippen molar-refractivity contribution in [3.05, 3.63) is 89.0 Å². The quantitative estimate of drug-likeness (QED) is 0.524. The van der Waals surface area contributed by atoms with Gasteiger partial charge in [0.1, 0.15) is 18.5 Å². The van der Waals surface area contributed by atoms with Crippen LogP contribution in [0.1, 0.15) is 27.9 Å². The highest BCUT2D eigenvalue weighted by molar-refractivity contribution is 5.29. The average Bonchev–Trinajstić information content (AvgIpc) is 2.75. The lowest BCUT2D eigenvalue weighted by molar-refractivity contribution is -0.137. The number of aliphatic hydroxyl groups excluding tert-OH is 1. The molecule has 3 aromatic rings. The Balaban J connectivity index is 1.65. The molecule has 3 rings (SSSR count). The Labute approximate surface area is 185 Å². The van der Waals surface area contributed by atoms with Gasteiger partial charge in [-0.2, -0.15) is 13.2 Å². The number of hydrogen-bond donors (Lipinski definition) is 1. The number of benzene rings is 1. The third-order valence-electron chi connectivity index (χ3n) is 5.14. The predicted octanol–water partition coefficient (Wildman–Crippen LogP) is 4.55. The largest absolute Gasteiger partial charge is 0.491 e. The van der Waals surface area contributed by atoms with Crippen molar-refractivity contribution in [2.75, 3.05) is 13.2 Å². The number of aliphatic hydroxyl groups is 1. The summed E-state index contributed by atoms with van der Waals surface area (Å²) in [6.07, 6.45) is 0.0467. The highest BCUT2D eigenvalue weighted by atomic mass is 19.4. The van der Waals surface area contributed by atoms with Crippen molar-refractivity contribution in [2.24, 2.45) is 0 Å². The van der Waals surface area contributed by atoms with E-state index in [-0.39, 0.29) is 12.4 Å². The zero-order valence-electron chi connectivity index (χ0n) is 18.0. The molecule has 2 heterocycles. The van der Waals surface area contributed by atoms with E-state index in [1.165, 1.54) is 12.1 Å². The number of alkyl halides is 3. The topological polar surface area (TPSA) is 58.5 Å². The van der Waals surface area contributed by atoms with Gasteiger partial charge in [0.2, 0.25) is 0 Å². The molecule has 0 aliphatic carbocycles. The van der Waals surface area contributed by atoms with Crippen LogP contribution in [0.3, 0.4) is 0 Å². The fourth-order valence-corrected chi connectivity index (χ4v) is 3.30. The van der Waals surface area contributed by atoms with Gasteiger partial charge in [-0.3, -0.25) is 14.9 Å². The molecule has 8 heteroatoms. The first kappa shape index (κ1) is 23.7. The molecular formula is C24H26F3N3O2. The van der Waals surface area contributed by atoms with Crippen molar-refractivity contribution in [3.8, 4) is 5.75 Å². The lowest BCUT2D eigenvalue weighted by Crippen LogP contribution is -2.35. The molecule has 0 aliphatic rings. The molecule has 0 fully saturated rings. The fourth-order valence-electron chi connectivity index (χ4n) is 3.30. The second kappa shape index (κ2) is 10.6. The normalized spacial score (nSPS) is 12.7. The summed E-state index contributed by atoms with van der Waals surface area (Å²) >= 11 is 0. The molecule has 5 nitrogen and oxygen atoms in total. The summed E-state index contributed by atoms with van der Waals surface area (Å²) in [4.78, 5) is 10.6. The zero-order valence-corrected chi connectivity index (χ0v) is 18.0. The molecule has 1 unspecified atom stereocenters. The standard InChI is InChI=1S/C24H26F3N3O2/c1-17-9-11-28-12-20(17)14-30(13-19-4-3-10-29-18(19)2)15-22(31)16-32-23-7-5-21(6-8-23)24(25,26)27/h3-12,22,31H,13-16H2,1-2H3. The smallest absolute Gasteiger partial charge is 0.416 e. The van der Waals surface area contributed by atoms with Gasteiger partial charge in [-0.1, -0.05) is 6.07 Å². The van der Waals surface area contributed by atoms with E-state index in [2.05, 4.69) is 14.9 Å². The lowest BCUT2D eigenvalue weighted by atomic mass is 10.1. The Hall–Kier alpha value is -2.97. The Bertz CT molecular complexity index is 962. The van der Waals surface area contributed by atoms with Crippen molar-refractivity contribution in [3.63, 3.8) is 0 Å². The van der Waals surface area contributed by atoms with Crippen LogP contribution >= 0.6 is 0 Å². The molecule has 0 saturated carbocycles. The van der Waals surface area contributed by atoms with E-state index < -0.39 is 17.8 Å². The lowest BCUT2D eigenvalue weighted by Gasteiger charge is -2.26. The molecule has 170 valence electrons. The number of ether oxygens (including phenoxy) is 1. The third-order valence-corrected chi connectivity index (χ3v) is 5.14. The van der Waals surface area contributed by atoms with Crippen LogP contribution in [-0.4, -0.2) is 39.2 Å². The van der Waals surface area contributed by atoms with Crippen molar-refractivity contribution >= 4 is 0 Å². The van der Waals surface area contributed by atoms with Crippen LogP contribution in [0.15, 0.2) is 61.1 Å². The minimum atomic E-state index is -4.40. The van der Waals surface area contributed by atoms with Gasteiger partial charge < -0.3 is 9.84 Å². The van der Waals surface area contributed by atoms with Crippen LogP contribution in [0.5, 0.6) is 5.75 Å². The number of pyridine rings is 2. The monoisotopic (exact) mass is 445 g/mol. The second-order valence-corrected chi connectivity index (χ2v) is 7.71. The van der Waals surface area contributed by atoms with E-state index in [4.69, 9.17) is 4.74 Å². The van der Waals surface area contributed by atoms with Crippen LogP contribution < -0.4 is 4.74 Å². The number of halogens is 3. The van der Waals surface area contributed by atoms with E-state index in [0.717, 1.165) is 34.5 Å². The van der Waals surface area contributed by atoms with Gasteiger partial charge >= 0.3 is 6.18 Å². The van der Waals surface area contributed by atoms with Crippen LogP contribution in [-0.2, 0) is 19.3 Å². The van der Waals surface area contributed by atoms with E-state index in [1.54, 1.807) is 12.4 Å². The molecular weight excluding hydrogens is 419 g/mol. The number of nitrogens with zero attached hydrogens (tertiary/aromatic N) is 3. The molecule has 2 aromatic heterocycles. The summed E-state index contributed by atoms with van der Waals surface area (Å²) in [5.41, 5.74) is 3.37. The first-order valence-electron chi connectivity index (χ1n) is 10.2. The summed E-state index contributed by atoms with van der Waals surface area (Å²) in [6, 6.07) is 10.2. The van der Waals surface area contributed by atoms with E-state index in [1.807, 2.05) is 38.2 Å². The van der Waals surface area contributed by atoms with E-state index in [0.29, 0.717) is 19.6 Å². The fraction of sp³-hybridized carbons (Fsp3) is 0.333. The van der Waals surface area contributed by atoms with Crippen molar-refractivity contribution in [1.82, 2.24) is 14.9 Å². The van der Waals surface area contributed by atoms with Crippen LogP contribution in [0.4, 0.5) is 13.2 Å². The molecule has 0 amide bonds. The minimum absolute atomic E-state index is 0.0418. The maximum atomic E-state index is 12.7. The SMILES string of the molecule is Cc1ccncc1CN(Cc1cccnc1C)CC(O)COc1ccc(C(F)(F)F)cc1. The number of aromatic nitrogens is 2. The van der Waals surface area contributed by atoms with E-state index >= 15 is 0 Å². The maximum absolute atomic E-state index is 12.7. The highest BCUT2D eigenvalue weighted by Crippen LogP contribution is 2.30. The number of rotatable bonds is 9. The number of aryl methyl sites for hydroxylation is 2. The Kier molecular flexibility index (Phi) is 7.82. The molecule has 0 spiro atoms. The molecule has 1 atom stereocenters. The Morgan fingerprint density at radius 3 is 2.38 bits per heavy atom. The first-order valence-corrected chi connectivity index (χ1v) is 10.2. The van der Waals surface area contributed by atoms with Crippen molar-refractivity contribution < 1.29 is 23.0 Å². The highest BCUT2D eigenvalue weighted by Gasteiger charge is 2.30. The van der Waals surface area contributed by atoms with Gasteiger partial charge in [0.15, 0.2) is 0 Å². The molecule has 0 bridgehead atoms. The van der Waals surface area contributed by atoms with Crippen molar-refractivity contribution in [2.45, 2.75) is 39.2 Å². The van der Waals surface area contributed by atoms with Gasteiger partial charge in [0, 0.05) is 43.9 Å². The molecule has 0 saturated heterocycles. The third kappa shape index (κ3) is 6.77. The van der Waals surface area contributed by atoms with Gasteiger partial charge in [-0.15, -0.1) is 0 Å². The second-order valence-electron chi connectivity index (χ2n) is 7.71. The maximum Gasteiger partial charge on any atom is 0.416 e. The predicted molar refractivity (Wildman–Crippen MR) is 115 cm³/mol. The number of hydrogen-bond acceptors (Lipinski definition) is 5. The molecule has 1 N–H and O–H groups in total. The van der Waals surface area contributed by atoms with Gasteiger partial charge in [-0.05, 0) is 66.9 Å². The molecule has 32 heavy (non-hydrogen) atoms. The Morgan fingerprint density at radius 2 is 1.72 bits per heavy atom. The summed E-state index contributed by atoms with van der Waals surface area (Å²) in [6.45, 7) is 5.36. The molecule has 1 aromatic carbocycles. The van der Waals surface area contributed by atoms with Gasteiger partial charge in [0.25, 0.3) is 0 Å².